The summed E-state index contributed by atoms with van der Waals surface area (Å²) >= 11 is 0. The van der Waals surface area contributed by atoms with Crippen LogP contribution in [0.1, 0.15) is 18.9 Å². The number of rotatable bonds is 5. The molecule has 0 bridgehead atoms. The number of hydrazine groups is 1. The molecule has 2 amide bonds. The predicted molar refractivity (Wildman–Crippen MR) is 69.2 cm³/mol. The molecule has 1 aromatic rings. The molecule has 8 heteroatoms. The molecule has 6 nitrogen and oxygen atoms in total. The van der Waals surface area contributed by atoms with Crippen molar-refractivity contribution in [3.05, 3.63) is 35.9 Å². The average Bonchev–Trinajstić information content (AvgIpc) is 2.41. The Balaban J connectivity index is 2.28. The molecule has 0 aliphatic carbocycles. The van der Waals surface area contributed by atoms with E-state index < -0.39 is 30.4 Å². The van der Waals surface area contributed by atoms with Crippen LogP contribution in [0.4, 0.5) is 13.6 Å². The molecule has 1 atom stereocenters. The highest BCUT2D eigenvalue weighted by atomic mass is 19.3. The van der Waals surface area contributed by atoms with Gasteiger partial charge in [0.2, 0.25) is 5.92 Å². The molecule has 116 valence electrons. The van der Waals surface area contributed by atoms with Crippen LogP contribution in [0.2, 0.25) is 0 Å². The van der Waals surface area contributed by atoms with E-state index in [0.717, 1.165) is 5.56 Å². The molecule has 0 saturated carbocycles. The summed E-state index contributed by atoms with van der Waals surface area (Å²) in [4.78, 5) is 22.5. The second-order valence-corrected chi connectivity index (χ2v) is 4.47. The highest BCUT2D eigenvalue weighted by Gasteiger charge is 2.29. The molecule has 3 N–H and O–H groups in total. The second kappa shape index (κ2) is 7.53. The first-order valence-electron chi connectivity index (χ1n) is 6.10. The van der Waals surface area contributed by atoms with E-state index in [4.69, 9.17) is 4.74 Å². The van der Waals surface area contributed by atoms with E-state index in [0.29, 0.717) is 6.92 Å². The SMILES string of the molecule is CC(F)(F)C[C@H](O)C(=O)NNC(=O)OCc1ccccc1. The maximum absolute atomic E-state index is 12.6. The van der Waals surface area contributed by atoms with Gasteiger partial charge in [0.25, 0.3) is 5.91 Å². The Labute approximate surface area is 120 Å². The van der Waals surface area contributed by atoms with Gasteiger partial charge in [0.15, 0.2) is 0 Å². The van der Waals surface area contributed by atoms with Crippen molar-refractivity contribution in [1.29, 1.82) is 0 Å². The summed E-state index contributed by atoms with van der Waals surface area (Å²) in [7, 11) is 0. The summed E-state index contributed by atoms with van der Waals surface area (Å²) in [5.41, 5.74) is 4.39. The normalized spacial score (nSPS) is 12.4. The number of aliphatic hydroxyl groups excluding tert-OH is 1. The van der Waals surface area contributed by atoms with Crippen molar-refractivity contribution < 1.29 is 28.2 Å². The number of alkyl halides is 2. The number of halogens is 2. The largest absolute Gasteiger partial charge is 0.443 e. The van der Waals surface area contributed by atoms with Gasteiger partial charge in [-0.05, 0) is 12.5 Å². The summed E-state index contributed by atoms with van der Waals surface area (Å²) in [6.45, 7) is 0.559. The Kier molecular flexibility index (Phi) is 6.04. The van der Waals surface area contributed by atoms with Crippen molar-refractivity contribution in [1.82, 2.24) is 10.9 Å². The minimum absolute atomic E-state index is 0.0157. The minimum Gasteiger partial charge on any atom is -0.443 e. The number of benzene rings is 1. The third kappa shape index (κ3) is 7.21. The maximum Gasteiger partial charge on any atom is 0.426 e. The van der Waals surface area contributed by atoms with Crippen LogP contribution in [0.25, 0.3) is 0 Å². The van der Waals surface area contributed by atoms with E-state index in [-0.39, 0.29) is 6.61 Å². The molecule has 1 aromatic carbocycles. The molecule has 0 aliphatic rings. The first-order chi connectivity index (χ1) is 9.78. The first kappa shape index (κ1) is 16.8. The molecule has 21 heavy (non-hydrogen) atoms. The van der Waals surface area contributed by atoms with Gasteiger partial charge in [-0.1, -0.05) is 30.3 Å². The van der Waals surface area contributed by atoms with E-state index in [1.54, 1.807) is 35.8 Å². The summed E-state index contributed by atoms with van der Waals surface area (Å²) in [5.74, 6) is -4.34. The molecule has 0 aliphatic heterocycles. The summed E-state index contributed by atoms with van der Waals surface area (Å²) in [6.07, 6.45) is -3.94. The fourth-order valence-electron chi connectivity index (χ4n) is 1.39. The lowest BCUT2D eigenvalue weighted by molar-refractivity contribution is -0.135. The molecule has 1 rings (SSSR count). The van der Waals surface area contributed by atoms with Crippen LogP contribution >= 0.6 is 0 Å². The monoisotopic (exact) mass is 302 g/mol. The number of hydrogen-bond acceptors (Lipinski definition) is 4. The lowest BCUT2D eigenvalue weighted by Crippen LogP contribution is -2.47. The van der Waals surface area contributed by atoms with Crippen molar-refractivity contribution in [2.75, 3.05) is 0 Å². The lowest BCUT2D eigenvalue weighted by Gasteiger charge is -2.15. The van der Waals surface area contributed by atoms with Crippen molar-refractivity contribution in [2.45, 2.75) is 32.0 Å². The van der Waals surface area contributed by atoms with Gasteiger partial charge in [-0.15, -0.1) is 0 Å². The van der Waals surface area contributed by atoms with Crippen LogP contribution in [-0.2, 0) is 16.1 Å². The van der Waals surface area contributed by atoms with E-state index in [1.807, 2.05) is 5.43 Å². The lowest BCUT2D eigenvalue weighted by atomic mass is 10.1. The Morgan fingerprint density at radius 2 is 1.90 bits per heavy atom. The molecule has 0 aromatic heterocycles. The zero-order valence-corrected chi connectivity index (χ0v) is 11.3. The van der Waals surface area contributed by atoms with Crippen LogP contribution in [0.5, 0.6) is 0 Å². The Morgan fingerprint density at radius 3 is 2.48 bits per heavy atom. The maximum atomic E-state index is 12.6. The molecule has 0 spiro atoms. The number of nitrogens with one attached hydrogen (secondary N) is 2. The number of carbonyl (C=O) groups excluding carboxylic acids is 2. The van der Waals surface area contributed by atoms with Gasteiger partial charge in [0.1, 0.15) is 12.7 Å². The first-order valence-corrected chi connectivity index (χ1v) is 6.10. The van der Waals surface area contributed by atoms with E-state index in [2.05, 4.69) is 0 Å². The molecule has 0 radical (unpaired) electrons. The molecule has 0 unspecified atom stereocenters. The van der Waals surface area contributed by atoms with E-state index in [9.17, 15) is 23.5 Å². The molecular formula is C13H16F2N2O4. The third-order valence-corrected chi connectivity index (χ3v) is 2.35. The highest BCUT2D eigenvalue weighted by molar-refractivity contribution is 5.82. The van der Waals surface area contributed by atoms with Gasteiger partial charge in [0.05, 0.1) is 0 Å². The number of hydrogen-bond donors (Lipinski definition) is 3. The van der Waals surface area contributed by atoms with Crippen molar-refractivity contribution in [2.24, 2.45) is 0 Å². The number of carbonyl (C=O) groups is 2. The minimum atomic E-state index is -3.19. The summed E-state index contributed by atoms with van der Waals surface area (Å²) in [5, 5.41) is 9.19. The topological polar surface area (TPSA) is 87.7 Å². The Hall–Kier alpha value is -2.22. The van der Waals surface area contributed by atoms with Gasteiger partial charge in [0, 0.05) is 6.42 Å². The van der Waals surface area contributed by atoms with Crippen molar-refractivity contribution >= 4 is 12.0 Å². The fraction of sp³-hybridized carbons (Fsp3) is 0.385. The second-order valence-electron chi connectivity index (χ2n) is 4.47. The van der Waals surface area contributed by atoms with E-state index >= 15 is 0 Å². The average molecular weight is 302 g/mol. The summed E-state index contributed by atoms with van der Waals surface area (Å²) in [6, 6.07) is 8.80. The smallest absolute Gasteiger partial charge is 0.426 e. The van der Waals surface area contributed by atoms with Gasteiger partial charge >= 0.3 is 6.09 Å². The van der Waals surface area contributed by atoms with Gasteiger partial charge in [-0.3, -0.25) is 10.2 Å². The van der Waals surface area contributed by atoms with Crippen LogP contribution in [0.3, 0.4) is 0 Å². The standard InChI is InChI=1S/C13H16F2N2O4/c1-13(14,15)7-10(18)11(19)16-17-12(20)21-8-9-5-3-2-4-6-9/h2-6,10,18H,7-8H2,1H3,(H,16,19)(H,17,20)/t10-/m0/s1. The number of ether oxygens (including phenoxy) is 1. The number of aliphatic hydroxyl groups is 1. The molecular weight excluding hydrogens is 286 g/mol. The van der Waals surface area contributed by atoms with Crippen molar-refractivity contribution in [3.63, 3.8) is 0 Å². The predicted octanol–water partition coefficient (Wildman–Crippen LogP) is 1.35. The van der Waals surface area contributed by atoms with E-state index in [1.165, 1.54) is 0 Å². The van der Waals surface area contributed by atoms with Gasteiger partial charge in [-0.2, -0.15) is 0 Å². The zero-order valence-electron chi connectivity index (χ0n) is 11.3. The third-order valence-electron chi connectivity index (χ3n) is 2.35. The highest BCUT2D eigenvalue weighted by Crippen LogP contribution is 2.18. The fourth-order valence-corrected chi connectivity index (χ4v) is 1.39. The van der Waals surface area contributed by atoms with Gasteiger partial charge < -0.3 is 9.84 Å². The van der Waals surface area contributed by atoms with Crippen molar-refractivity contribution in [3.8, 4) is 0 Å². The molecule has 0 saturated heterocycles. The summed E-state index contributed by atoms with van der Waals surface area (Å²) < 4.78 is 29.9. The van der Waals surface area contributed by atoms with Crippen LogP contribution in [0, 0.1) is 0 Å². The number of amides is 2. The Morgan fingerprint density at radius 1 is 1.29 bits per heavy atom. The molecule has 0 fully saturated rings. The Bertz CT molecular complexity index is 477. The quantitative estimate of drug-likeness (QED) is 0.716. The molecule has 0 heterocycles. The zero-order chi connectivity index (χ0) is 15.9. The van der Waals surface area contributed by atoms with Crippen LogP contribution < -0.4 is 10.9 Å². The van der Waals surface area contributed by atoms with Crippen LogP contribution in [-0.4, -0.2) is 29.1 Å². The van der Waals surface area contributed by atoms with Gasteiger partial charge in [-0.25, -0.2) is 19.0 Å². The van der Waals surface area contributed by atoms with Crippen LogP contribution in [0.15, 0.2) is 30.3 Å².